The van der Waals surface area contributed by atoms with Gasteiger partial charge in [-0.2, -0.15) is 0 Å². The van der Waals surface area contributed by atoms with Gasteiger partial charge in [0.1, 0.15) is 0 Å². The molecule has 2 aliphatic rings. The molecule has 1 saturated carbocycles. The maximum Gasteiger partial charge on any atom is 0.177 e. The van der Waals surface area contributed by atoms with Crippen molar-refractivity contribution in [3.8, 4) is 11.5 Å². The molecule has 1 aliphatic carbocycles. The maximum atomic E-state index is 10.6. The van der Waals surface area contributed by atoms with Crippen LogP contribution < -0.4 is 9.47 Å². The summed E-state index contributed by atoms with van der Waals surface area (Å²) in [5.74, 6) is 0.525. The molecule has 0 spiro atoms. The van der Waals surface area contributed by atoms with Gasteiger partial charge >= 0.3 is 0 Å². The van der Waals surface area contributed by atoms with Gasteiger partial charge in [-0.1, -0.05) is 19.1 Å². The van der Waals surface area contributed by atoms with E-state index < -0.39 is 11.9 Å². The third kappa shape index (κ3) is 3.03. The molecule has 1 N–H and O–H groups in total. The summed E-state index contributed by atoms with van der Waals surface area (Å²) in [6.45, 7) is 6.15. The van der Waals surface area contributed by atoms with E-state index in [9.17, 15) is 5.11 Å². The molecule has 1 saturated heterocycles. The minimum atomic E-state index is -0.910. The first-order valence-corrected chi connectivity index (χ1v) is 9.68. The Labute approximate surface area is 167 Å². The second kappa shape index (κ2) is 8.03. The van der Waals surface area contributed by atoms with E-state index in [-0.39, 0.29) is 23.5 Å². The minimum Gasteiger partial charge on any atom is -0.493 e. The average Bonchev–Trinajstić information content (AvgIpc) is 2.96. The van der Waals surface area contributed by atoms with Crippen molar-refractivity contribution in [2.75, 3.05) is 28.4 Å². The zero-order chi connectivity index (χ0) is 20.5. The second-order valence-electron chi connectivity index (χ2n) is 7.80. The van der Waals surface area contributed by atoms with Crippen LogP contribution in [0.4, 0.5) is 0 Å². The normalized spacial score (nSPS) is 37.4. The highest BCUT2D eigenvalue weighted by atomic mass is 16.7. The van der Waals surface area contributed by atoms with Crippen molar-refractivity contribution in [1.82, 2.24) is 0 Å². The van der Waals surface area contributed by atoms with Gasteiger partial charge in [-0.05, 0) is 36.5 Å². The van der Waals surface area contributed by atoms with Crippen molar-refractivity contribution in [3.05, 3.63) is 36.4 Å². The standard InChI is InChI=1S/C22H32O6/c1-7-10-21-13-19(26-5)16(23)12-22(21,27-6)28-20(14(21)2)15-8-9-17(24-3)18(11-15)25-4/h7-9,11,14,16,19-20,23H,1,10,12-13H2,2-6H3. The van der Waals surface area contributed by atoms with E-state index in [0.29, 0.717) is 30.8 Å². The predicted octanol–water partition coefficient (Wildman–Crippen LogP) is 3.49. The zero-order valence-electron chi connectivity index (χ0n) is 17.4. The van der Waals surface area contributed by atoms with Gasteiger partial charge in [-0.15, -0.1) is 6.58 Å². The largest absolute Gasteiger partial charge is 0.493 e. The van der Waals surface area contributed by atoms with E-state index in [4.69, 9.17) is 23.7 Å². The van der Waals surface area contributed by atoms with E-state index in [2.05, 4.69) is 13.5 Å². The second-order valence-corrected chi connectivity index (χ2v) is 7.80. The molecular formula is C22H32O6. The van der Waals surface area contributed by atoms with E-state index in [1.165, 1.54) is 0 Å². The van der Waals surface area contributed by atoms with E-state index >= 15 is 0 Å². The number of hydrogen-bond donors (Lipinski definition) is 1. The van der Waals surface area contributed by atoms with Crippen LogP contribution >= 0.6 is 0 Å². The summed E-state index contributed by atoms with van der Waals surface area (Å²) in [5.41, 5.74) is 0.629. The molecule has 6 atom stereocenters. The lowest BCUT2D eigenvalue weighted by molar-refractivity contribution is -0.300. The molecule has 1 aliphatic heterocycles. The molecule has 0 aromatic heterocycles. The molecule has 1 aromatic rings. The zero-order valence-corrected chi connectivity index (χ0v) is 17.4. The third-order valence-electron chi connectivity index (χ3n) is 6.75. The van der Waals surface area contributed by atoms with E-state index in [0.717, 1.165) is 5.56 Å². The Balaban J connectivity index is 2.06. The van der Waals surface area contributed by atoms with Crippen LogP contribution in [0.3, 0.4) is 0 Å². The van der Waals surface area contributed by atoms with Gasteiger partial charge in [0.05, 0.1) is 32.5 Å². The molecule has 0 radical (unpaired) electrons. The molecule has 6 nitrogen and oxygen atoms in total. The van der Waals surface area contributed by atoms with Gasteiger partial charge < -0.3 is 28.8 Å². The minimum absolute atomic E-state index is 0.105. The van der Waals surface area contributed by atoms with Crippen LogP contribution in [0, 0.1) is 11.3 Å². The van der Waals surface area contributed by atoms with Crippen LogP contribution in [0.1, 0.15) is 37.9 Å². The Bertz CT molecular complexity index is 706. The topological polar surface area (TPSA) is 66.4 Å². The van der Waals surface area contributed by atoms with Gasteiger partial charge in [-0.3, -0.25) is 0 Å². The smallest absolute Gasteiger partial charge is 0.177 e. The summed E-state index contributed by atoms with van der Waals surface area (Å²) in [6.07, 6.45) is 2.47. The molecule has 6 heteroatoms. The number of benzene rings is 1. The molecule has 1 heterocycles. The van der Waals surface area contributed by atoms with Crippen molar-refractivity contribution in [1.29, 1.82) is 0 Å². The van der Waals surface area contributed by atoms with Crippen molar-refractivity contribution in [2.45, 2.75) is 50.3 Å². The fourth-order valence-electron chi connectivity index (χ4n) is 5.20. The highest BCUT2D eigenvalue weighted by molar-refractivity contribution is 5.44. The Kier molecular flexibility index (Phi) is 6.05. The van der Waals surface area contributed by atoms with E-state index in [1.807, 2.05) is 24.3 Å². The van der Waals surface area contributed by atoms with Crippen LogP contribution in [0.25, 0.3) is 0 Å². The van der Waals surface area contributed by atoms with Gasteiger partial charge in [-0.25, -0.2) is 0 Å². The summed E-state index contributed by atoms with van der Waals surface area (Å²) in [7, 11) is 6.53. The van der Waals surface area contributed by atoms with Crippen LogP contribution in [-0.2, 0) is 14.2 Å². The van der Waals surface area contributed by atoms with Crippen LogP contribution in [0.2, 0.25) is 0 Å². The van der Waals surface area contributed by atoms with Gasteiger partial charge in [0.2, 0.25) is 0 Å². The molecule has 6 unspecified atom stereocenters. The third-order valence-corrected chi connectivity index (χ3v) is 6.75. The van der Waals surface area contributed by atoms with Crippen LogP contribution in [-0.4, -0.2) is 51.5 Å². The lowest BCUT2D eigenvalue weighted by Gasteiger charge is -2.51. The summed E-state index contributed by atoms with van der Waals surface area (Å²) in [4.78, 5) is 0. The predicted molar refractivity (Wildman–Crippen MR) is 106 cm³/mol. The SMILES string of the molecule is C=CCC12CC(OC)C(O)CC1(OC)OC(c1ccc(OC)c(OC)c1)C2C. The average molecular weight is 392 g/mol. The Morgan fingerprint density at radius 3 is 2.46 bits per heavy atom. The maximum absolute atomic E-state index is 10.6. The summed E-state index contributed by atoms with van der Waals surface area (Å²) in [6, 6.07) is 5.83. The summed E-state index contributed by atoms with van der Waals surface area (Å²) >= 11 is 0. The number of allylic oxidation sites excluding steroid dienone is 1. The van der Waals surface area contributed by atoms with Crippen LogP contribution in [0.15, 0.2) is 30.9 Å². The van der Waals surface area contributed by atoms with Crippen molar-refractivity contribution < 1.29 is 28.8 Å². The number of aliphatic hydroxyl groups is 1. The molecule has 3 rings (SSSR count). The number of methoxy groups -OCH3 is 4. The Morgan fingerprint density at radius 2 is 1.89 bits per heavy atom. The van der Waals surface area contributed by atoms with Crippen LogP contribution in [0.5, 0.6) is 11.5 Å². The number of ether oxygens (including phenoxy) is 5. The first kappa shape index (κ1) is 21.1. The Hall–Kier alpha value is -1.60. The Morgan fingerprint density at radius 1 is 1.18 bits per heavy atom. The lowest BCUT2D eigenvalue weighted by atomic mass is 9.59. The lowest BCUT2D eigenvalue weighted by Crippen LogP contribution is -2.59. The number of hydrogen-bond acceptors (Lipinski definition) is 6. The van der Waals surface area contributed by atoms with E-state index in [1.54, 1.807) is 28.4 Å². The molecule has 28 heavy (non-hydrogen) atoms. The molecular weight excluding hydrogens is 360 g/mol. The number of aliphatic hydroxyl groups excluding tert-OH is 1. The number of rotatable bonds is 7. The molecule has 1 aromatic carbocycles. The molecule has 0 amide bonds. The van der Waals surface area contributed by atoms with Crippen molar-refractivity contribution in [3.63, 3.8) is 0 Å². The summed E-state index contributed by atoms with van der Waals surface area (Å²) in [5, 5.41) is 10.6. The fourth-order valence-corrected chi connectivity index (χ4v) is 5.20. The first-order valence-electron chi connectivity index (χ1n) is 9.68. The van der Waals surface area contributed by atoms with Crippen molar-refractivity contribution >= 4 is 0 Å². The van der Waals surface area contributed by atoms with Gasteiger partial charge in [0.15, 0.2) is 17.3 Å². The van der Waals surface area contributed by atoms with Crippen molar-refractivity contribution in [2.24, 2.45) is 11.3 Å². The monoisotopic (exact) mass is 392 g/mol. The molecule has 156 valence electrons. The fraction of sp³-hybridized carbons (Fsp3) is 0.636. The van der Waals surface area contributed by atoms with Gasteiger partial charge in [0, 0.05) is 26.1 Å². The highest BCUT2D eigenvalue weighted by Crippen LogP contribution is 2.64. The quantitative estimate of drug-likeness (QED) is 0.717. The van der Waals surface area contributed by atoms with Gasteiger partial charge in [0.25, 0.3) is 0 Å². The first-order chi connectivity index (χ1) is 13.4. The molecule has 2 fully saturated rings. The number of fused-ring (bicyclic) bond motifs is 1. The summed E-state index contributed by atoms with van der Waals surface area (Å²) < 4.78 is 29.1. The molecule has 0 bridgehead atoms. The highest BCUT2D eigenvalue weighted by Gasteiger charge is 2.67.